The summed E-state index contributed by atoms with van der Waals surface area (Å²) in [4.78, 5) is 48.3. The van der Waals surface area contributed by atoms with Crippen molar-refractivity contribution in [3.8, 4) is 11.5 Å². The monoisotopic (exact) mass is 500 g/mol. The van der Waals surface area contributed by atoms with Crippen LogP contribution in [0.3, 0.4) is 0 Å². The van der Waals surface area contributed by atoms with Crippen molar-refractivity contribution in [3.05, 3.63) is 97.5 Å². The maximum Gasteiger partial charge on any atom is 0.326 e. The summed E-state index contributed by atoms with van der Waals surface area (Å²) in [7, 11) is 0. The van der Waals surface area contributed by atoms with Crippen molar-refractivity contribution < 1.29 is 28.8 Å². The molecule has 0 spiro atoms. The Balaban J connectivity index is 1.36. The van der Waals surface area contributed by atoms with Crippen LogP contribution in [-0.4, -0.2) is 34.2 Å². The number of non-ortho nitro benzene ring substituents is 1. The number of carbonyl (C=O) groups is 3. The third-order valence-electron chi connectivity index (χ3n) is 4.88. The molecule has 0 bridgehead atoms. The molecule has 1 aliphatic heterocycles. The van der Waals surface area contributed by atoms with Gasteiger partial charge in [0.2, 0.25) is 0 Å². The molecule has 0 atom stereocenters. The molecule has 3 aromatic carbocycles. The zero-order valence-corrected chi connectivity index (χ0v) is 18.7. The lowest BCUT2D eigenvalue weighted by molar-refractivity contribution is -0.384. The molecule has 1 aliphatic rings. The van der Waals surface area contributed by atoms with Gasteiger partial charge in [-0.1, -0.05) is 35.3 Å². The molecular weight excluding hydrogens is 487 g/mol. The lowest BCUT2D eigenvalue weighted by atomic mass is 10.1. The largest absolute Gasteiger partial charge is 0.459 e. The number of esters is 1. The summed E-state index contributed by atoms with van der Waals surface area (Å²) in [5.41, 5.74) is 0.678. The number of amides is 2. The topological polar surface area (TPSA) is 116 Å². The van der Waals surface area contributed by atoms with Crippen LogP contribution in [0.15, 0.2) is 60.7 Å². The predicted octanol–water partition coefficient (Wildman–Crippen LogP) is 5.03. The van der Waals surface area contributed by atoms with Gasteiger partial charge in [0.15, 0.2) is 0 Å². The number of nitrogens with zero attached hydrogens (tertiary/aromatic N) is 2. The van der Waals surface area contributed by atoms with Crippen LogP contribution in [0.5, 0.6) is 11.5 Å². The van der Waals surface area contributed by atoms with E-state index < -0.39 is 29.3 Å². The van der Waals surface area contributed by atoms with Gasteiger partial charge in [0.25, 0.3) is 17.5 Å². The van der Waals surface area contributed by atoms with Gasteiger partial charge in [-0.05, 0) is 42.0 Å². The maximum absolute atomic E-state index is 12.5. The lowest BCUT2D eigenvalue weighted by Crippen LogP contribution is -2.35. The van der Waals surface area contributed by atoms with Gasteiger partial charge in [0, 0.05) is 12.1 Å². The number of nitro benzene ring substituents is 1. The van der Waals surface area contributed by atoms with Gasteiger partial charge in [0.05, 0.1) is 26.1 Å². The third-order valence-corrected chi connectivity index (χ3v) is 5.60. The zero-order chi connectivity index (χ0) is 24.4. The summed E-state index contributed by atoms with van der Waals surface area (Å²) in [5.74, 6) is -1.28. The minimum absolute atomic E-state index is 0.0581. The first-order chi connectivity index (χ1) is 16.2. The van der Waals surface area contributed by atoms with Gasteiger partial charge in [-0.2, -0.15) is 0 Å². The van der Waals surface area contributed by atoms with Crippen LogP contribution in [0.4, 0.5) is 5.69 Å². The number of ether oxygens (including phenoxy) is 2. The first kappa shape index (κ1) is 23.2. The predicted molar refractivity (Wildman–Crippen MR) is 121 cm³/mol. The van der Waals surface area contributed by atoms with Crippen LogP contribution >= 0.6 is 23.2 Å². The molecule has 9 nitrogen and oxygen atoms in total. The summed E-state index contributed by atoms with van der Waals surface area (Å²) in [6, 6.07) is 14.8. The fourth-order valence-corrected chi connectivity index (χ4v) is 3.56. The summed E-state index contributed by atoms with van der Waals surface area (Å²) in [6.45, 7) is -0.697. The van der Waals surface area contributed by atoms with Crippen molar-refractivity contribution in [2.24, 2.45) is 0 Å². The minimum Gasteiger partial charge on any atom is -0.459 e. The van der Waals surface area contributed by atoms with E-state index in [0.29, 0.717) is 17.1 Å². The Labute approximate surface area is 202 Å². The molecule has 34 heavy (non-hydrogen) atoms. The van der Waals surface area contributed by atoms with Crippen LogP contribution in [0.25, 0.3) is 0 Å². The Hall–Kier alpha value is -3.95. The van der Waals surface area contributed by atoms with Crippen molar-refractivity contribution in [1.82, 2.24) is 4.90 Å². The van der Waals surface area contributed by atoms with Gasteiger partial charge in [-0.25, -0.2) is 0 Å². The highest BCUT2D eigenvalue weighted by molar-refractivity contribution is 6.43. The molecule has 0 saturated heterocycles. The van der Waals surface area contributed by atoms with Crippen LogP contribution in [0.1, 0.15) is 26.3 Å². The van der Waals surface area contributed by atoms with Crippen LogP contribution in [-0.2, 0) is 16.1 Å². The van der Waals surface area contributed by atoms with Gasteiger partial charge in [-0.3, -0.25) is 29.4 Å². The Morgan fingerprint density at radius 1 is 0.912 bits per heavy atom. The van der Waals surface area contributed by atoms with E-state index in [1.807, 2.05) is 0 Å². The summed E-state index contributed by atoms with van der Waals surface area (Å²) in [5, 5.41) is 11.0. The average Bonchev–Trinajstić information content (AvgIpc) is 3.03. The second kappa shape index (κ2) is 9.50. The SMILES string of the molecule is O=C(CN1C(=O)c2cc(Cl)c(Cl)cc2C1=O)OCc1cccc(Oc2ccc([N+](=O)[O-])cc2)c1. The number of rotatable bonds is 7. The van der Waals surface area contributed by atoms with Gasteiger partial charge < -0.3 is 9.47 Å². The molecule has 0 aliphatic carbocycles. The molecule has 1 heterocycles. The number of hydrogen-bond acceptors (Lipinski definition) is 7. The molecule has 0 saturated carbocycles. The number of halogens is 2. The van der Waals surface area contributed by atoms with Crippen molar-refractivity contribution in [2.75, 3.05) is 6.54 Å². The first-order valence-corrected chi connectivity index (χ1v) is 10.5. The van der Waals surface area contributed by atoms with Crippen molar-refractivity contribution in [3.63, 3.8) is 0 Å². The Kier molecular flexibility index (Phi) is 6.49. The Morgan fingerprint density at radius 2 is 1.53 bits per heavy atom. The normalized spacial score (nSPS) is 12.5. The summed E-state index contributed by atoms with van der Waals surface area (Å²) < 4.78 is 10.9. The van der Waals surface area contributed by atoms with E-state index in [4.69, 9.17) is 32.7 Å². The van der Waals surface area contributed by atoms with Crippen molar-refractivity contribution >= 4 is 46.7 Å². The number of fused-ring (bicyclic) bond motifs is 1. The highest BCUT2D eigenvalue weighted by Crippen LogP contribution is 2.31. The molecule has 172 valence electrons. The van der Waals surface area contributed by atoms with Gasteiger partial charge in [-0.15, -0.1) is 0 Å². The first-order valence-electron chi connectivity index (χ1n) is 9.75. The number of carbonyl (C=O) groups excluding carboxylic acids is 3. The van der Waals surface area contributed by atoms with E-state index in [1.165, 1.54) is 36.4 Å². The highest BCUT2D eigenvalue weighted by atomic mass is 35.5. The molecule has 11 heteroatoms. The third kappa shape index (κ3) is 4.85. The molecule has 0 N–H and O–H groups in total. The van der Waals surface area contributed by atoms with E-state index in [9.17, 15) is 24.5 Å². The molecule has 0 unspecified atom stereocenters. The van der Waals surface area contributed by atoms with Crippen LogP contribution < -0.4 is 4.74 Å². The number of nitro groups is 1. The van der Waals surface area contributed by atoms with Crippen LogP contribution in [0, 0.1) is 10.1 Å². The van der Waals surface area contributed by atoms with E-state index in [0.717, 1.165) is 4.90 Å². The van der Waals surface area contributed by atoms with E-state index >= 15 is 0 Å². The molecule has 3 aromatic rings. The van der Waals surface area contributed by atoms with Crippen molar-refractivity contribution in [2.45, 2.75) is 6.61 Å². The van der Waals surface area contributed by atoms with E-state index in [2.05, 4.69) is 0 Å². The standard InChI is InChI=1S/C23H14Cl2N2O7/c24-19-9-17-18(10-20(19)25)23(30)26(22(17)29)11-21(28)33-12-13-2-1-3-16(8-13)34-15-6-4-14(5-7-15)27(31)32/h1-10H,11-12H2. The molecule has 0 aromatic heterocycles. The maximum atomic E-state index is 12.5. The smallest absolute Gasteiger partial charge is 0.326 e. The van der Waals surface area contributed by atoms with E-state index in [-0.39, 0.29) is 33.5 Å². The second-order valence-electron chi connectivity index (χ2n) is 7.17. The van der Waals surface area contributed by atoms with Gasteiger partial charge >= 0.3 is 5.97 Å². The van der Waals surface area contributed by atoms with Gasteiger partial charge in [0.1, 0.15) is 24.7 Å². The quantitative estimate of drug-likeness (QED) is 0.193. The molecule has 0 radical (unpaired) electrons. The highest BCUT2D eigenvalue weighted by Gasteiger charge is 2.37. The summed E-state index contributed by atoms with van der Waals surface area (Å²) in [6.07, 6.45) is 0. The molecule has 2 amide bonds. The van der Waals surface area contributed by atoms with Crippen LogP contribution in [0.2, 0.25) is 10.0 Å². The number of benzene rings is 3. The molecule has 4 rings (SSSR count). The zero-order valence-electron chi connectivity index (χ0n) is 17.2. The van der Waals surface area contributed by atoms with E-state index in [1.54, 1.807) is 24.3 Å². The number of hydrogen-bond donors (Lipinski definition) is 0. The number of imide groups is 1. The fourth-order valence-electron chi connectivity index (χ4n) is 3.24. The average molecular weight is 501 g/mol. The summed E-state index contributed by atoms with van der Waals surface area (Å²) >= 11 is 11.8. The second-order valence-corrected chi connectivity index (χ2v) is 7.98. The Bertz CT molecular complexity index is 1280. The minimum atomic E-state index is -0.784. The molecule has 0 fully saturated rings. The fraction of sp³-hybridized carbons (Fsp3) is 0.0870. The van der Waals surface area contributed by atoms with Crippen molar-refractivity contribution in [1.29, 1.82) is 0 Å². The lowest BCUT2D eigenvalue weighted by Gasteiger charge is -2.13. The molecular formula is C23H14Cl2N2O7. The Morgan fingerprint density at radius 3 is 2.12 bits per heavy atom.